The molecule has 0 aliphatic carbocycles. The van der Waals surface area contributed by atoms with E-state index in [9.17, 15) is 9.59 Å². The Bertz CT molecular complexity index is 918. The third-order valence-electron chi connectivity index (χ3n) is 5.46. The average Bonchev–Trinajstić information content (AvgIpc) is 3.16. The Labute approximate surface area is 169 Å². The number of benzene rings is 1. The maximum Gasteiger partial charge on any atom is 0.323 e. The van der Waals surface area contributed by atoms with E-state index in [0.29, 0.717) is 23.7 Å². The number of aromatic nitrogens is 1. The number of ether oxygens (including phenoxy) is 1. The highest BCUT2D eigenvalue weighted by atomic mass is 35.5. The number of halogens is 1. The van der Waals surface area contributed by atoms with Gasteiger partial charge < -0.3 is 9.64 Å². The molecule has 4 rings (SSSR count). The fraction of sp³-hybridized carbons (Fsp3) is 0.381. The molecule has 2 aromatic rings. The lowest BCUT2D eigenvalue weighted by Crippen LogP contribution is -2.38. The Kier molecular flexibility index (Phi) is 5.33. The summed E-state index contributed by atoms with van der Waals surface area (Å²) < 4.78 is 4.92. The van der Waals surface area contributed by atoms with Crippen molar-refractivity contribution in [3.8, 4) is 0 Å². The number of esters is 1. The highest BCUT2D eigenvalue weighted by Gasteiger charge is 2.32. The molecule has 0 N–H and O–H groups in total. The number of fused-ring (bicyclic) bond motifs is 1. The van der Waals surface area contributed by atoms with Crippen molar-refractivity contribution < 1.29 is 14.3 Å². The summed E-state index contributed by atoms with van der Waals surface area (Å²) in [4.78, 5) is 33.1. The minimum absolute atomic E-state index is 0.0366. The van der Waals surface area contributed by atoms with Crippen LogP contribution in [0.1, 0.15) is 34.3 Å². The third-order valence-corrected chi connectivity index (χ3v) is 5.70. The van der Waals surface area contributed by atoms with Gasteiger partial charge in [-0.05, 0) is 61.2 Å². The summed E-state index contributed by atoms with van der Waals surface area (Å²) in [6, 6.07) is 7.17. The zero-order valence-corrected chi connectivity index (χ0v) is 16.5. The van der Waals surface area contributed by atoms with Gasteiger partial charge >= 0.3 is 5.97 Å². The third kappa shape index (κ3) is 3.62. The van der Waals surface area contributed by atoms with Crippen molar-refractivity contribution in [2.75, 3.05) is 25.1 Å². The quantitative estimate of drug-likeness (QED) is 0.739. The summed E-state index contributed by atoms with van der Waals surface area (Å²) in [5.41, 5.74) is 3.42. The molecule has 0 radical (unpaired) electrons. The Hall–Kier alpha value is -2.44. The Balaban J connectivity index is 1.54. The summed E-state index contributed by atoms with van der Waals surface area (Å²) in [5.74, 6) is -0.228. The molecule has 1 aromatic carbocycles. The molecule has 1 atom stereocenters. The molecule has 2 aliphatic rings. The Morgan fingerprint density at radius 1 is 1.29 bits per heavy atom. The predicted octanol–water partition coefficient (Wildman–Crippen LogP) is 3.08. The van der Waals surface area contributed by atoms with E-state index in [-0.39, 0.29) is 17.9 Å². The van der Waals surface area contributed by atoms with Crippen LogP contribution in [0, 0.1) is 0 Å². The minimum Gasteiger partial charge on any atom is -0.468 e. The van der Waals surface area contributed by atoms with E-state index in [1.165, 1.54) is 7.11 Å². The number of likely N-dealkylation sites (tertiary alicyclic amines) is 1. The van der Waals surface area contributed by atoms with Gasteiger partial charge in [-0.25, -0.2) is 0 Å². The normalized spacial score (nSPS) is 19.6. The van der Waals surface area contributed by atoms with Gasteiger partial charge in [-0.3, -0.25) is 19.5 Å². The molecular formula is C21H22ClN3O3. The number of methoxy groups -OCH3 is 1. The highest BCUT2D eigenvalue weighted by molar-refractivity contribution is 6.30. The lowest BCUT2D eigenvalue weighted by molar-refractivity contribution is -0.146. The summed E-state index contributed by atoms with van der Waals surface area (Å²) in [6.45, 7) is 2.04. The van der Waals surface area contributed by atoms with Gasteiger partial charge in [0.15, 0.2) is 0 Å². The zero-order chi connectivity index (χ0) is 19.7. The molecular weight excluding hydrogens is 378 g/mol. The number of carbonyl (C=O) groups is 2. The van der Waals surface area contributed by atoms with Crippen molar-refractivity contribution in [1.29, 1.82) is 0 Å². The number of anilines is 1. The van der Waals surface area contributed by atoms with Crippen LogP contribution in [0.25, 0.3) is 0 Å². The van der Waals surface area contributed by atoms with Crippen LogP contribution >= 0.6 is 11.6 Å². The number of nitrogens with zero attached hydrogens (tertiary/aromatic N) is 3. The molecule has 146 valence electrons. The van der Waals surface area contributed by atoms with Crippen molar-refractivity contribution in [3.05, 3.63) is 58.4 Å². The fourth-order valence-electron chi connectivity index (χ4n) is 4.06. The first-order valence-electron chi connectivity index (χ1n) is 9.43. The molecule has 0 saturated carbocycles. The van der Waals surface area contributed by atoms with Crippen molar-refractivity contribution in [2.45, 2.75) is 31.8 Å². The molecule has 3 heterocycles. The number of carbonyl (C=O) groups excluding carboxylic acids is 2. The van der Waals surface area contributed by atoms with Crippen LogP contribution in [0.5, 0.6) is 0 Å². The summed E-state index contributed by atoms with van der Waals surface area (Å²) in [6.07, 6.45) is 6.03. The average molecular weight is 400 g/mol. The molecule has 2 aliphatic heterocycles. The SMILES string of the molecule is COC(=O)C1CCCN1Cc1cncc(N2CCc3cc(Cl)ccc3C2=O)c1. The molecule has 7 heteroatoms. The van der Waals surface area contributed by atoms with Crippen molar-refractivity contribution in [3.63, 3.8) is 0 Å². The lowest BCUT2D eigenvalue weighted by Gasteiger charge is -2.29. The molecule has 6 nitrogen and oxygen atoms in total. The first kappa shape index (κ1) is 18.9. The van der Waals surface area contributed by atoms with E-state index >= 15 is 0 Å². The number of rotatable bonds is 4. The summed E-state index contributed by atoms with van der Waals surface area (Å²) in [7, 11) is 1.42. The van der Waals surface area contributed by atoms with Crippen molar-refractivity contribution >= 4 is 29.2 Å². The molecule has 1 amide bonds. The maximum absolute atomic E-state index is 12.9. The maximum atomic E-state index is 12.9. The van der Waals surface area contributed by atoms with Gasteiger partial charge in [-0.15, -0.1) is 0 Å². The lowest BCUT2D eigenvalue weighted by atomic mass is 9.98. The topological polar surface area (TPSA) is 62.7 Å². The van der Waals surface area contributed by atoms with E-state index in [4.69, 9.17) is 16.3 Å². The van der Waals surface area contributed by atoms with Gasteiger partial charge in [-0.2, -0.15) is 0 Å². The van der Waals surface area contributed by atoms with Gasteiger partial charge in [0.05, 0.1) is 19.0 Å². The van der Waals surface area contributed by atoms with Gasteiger partial charge in [0, 0.05) is 29.9 Å². The number of hydrogen-bond acceptors (Lipinski definition) is 5. The van der Waals surface area contributed by atoms with E-state index in [1.54, 1.807) is 29.4 Å². The van der Waals surface area contributed by atoms with Crippen LogP contribution in [0.15, 0.2) is 36.7 Å². The monoisotopic (exact) mass is 399 g/mol. The van der Waals surface area contributed by atoms with Crippen molar-refractivity contribution in [1.82, 2.24) is 9.88 Å². The molecule has 0 bridgehead atoms. The van der Waals surface area contributed by atoms with Crippen LogP contribution in [0.3, 0.4) is 0 Å². The van der Waals surface area contributed by atoms with Crippen LogP contribution in [0.2, 0.25) is 5.02 Å². The van der Waals surface area contributed by atoms with Gasteiger partial charge in [0.25, 0.3) is 5.91 Å². The summed E-state index contributed by atoms with van der Waals surface area (Å²) in [5, 5.41) is 0.648. The fourth-order valence-corrected chi connectivity index (χ4v) is 4.26. The van der Waals surface area contributed by atoms with Crippen molar-refractivity contribution in [2.24, 2.45) is 0 Å². The van der Waals surface area contributed by atoms with E-state index in [1.807, 2.05) is 12.1 Å². The van der Waals surface area contributed by atoms with Gasteiger partial charge in [0.1, 0.15) is 6.04 Å². The predicted molar refractivity (Wildman–Crippen MR) is 107 cm³/mol. The second kappa shape index (κ2) is 7.89. The Morgan fingerprint density at radius 2 is 2.14 bits per heavy atom. The number of amides is 1. The standard InChI is InChI=1S/C21H22ClN3O3/c1-28-21(27)19-3-2-7-24(19)13-14-9-17(12-23-11-14)25-8-6-15-10-16(22)4-5-18(15)20(25)26/h4-5,9-12,19H,2-3,6-8,13H2,1H3. The molecule has 28 heavy (non-hydrogen) atoms. The first-order chi connectivity index (χ1) is 13.6. The smallest absolute Gasteiger partial charge is 0.323 e. The molecule has 1 aromatic heterocycles. The van der Waals surface area contributed by atoms with Gasteiger partial charge in [0.2, 0.25) is 0 Å². The molecule has 1 unspecified atom stereocenters. The first-order valence-corrected chi connectivity index (χ1v) is 9.80. The molecule has 1 saturated heterocycles. The second-order valence-corrected chi connectivity index (χ2v) is 7.65. The molecule has 0 spiro atoms. The van der Waals surface area contributed by atoms with E-state index < -0.39 is 0 Å². The van der Waals surface area contributed by atoms with Crippen LogP contribution in [-0.4, -0.2) is 48.0 Å². The zero-order valence-electron chi connectivity index (χ0n) is 15.7. The minimum atomic E-state index is -0.207. The number of pyridine rings is 1. The van der Waals surface area contributed by atoms with Gasteiger partial charge in [-0.1, -0.05) is 11.6 Å². The van der Waals surface area contributed by atoms with Crippen LogP contribution in [-0.2, 0) is 22.5 Å². The van der Waals surface area contributed by atoms with E-state index in [2.05, 4.69) is 9.88 Å². The largest absolute Gasteiger partial charge is 0.468 e. The second-order valence-electron chi connectivity index (χ2n) is 7.21. The number of hydrogen-bond donors (Lipinski definition) is 0. The van der Waals surface area contributed by atoms with Crippen LogP contribution in [0.4, 0.5) is 5.69 Å². The Morgan fingerprint density at radius 3 is 2.96 bits per heavy atom. The van der Waals surface area contributed by atoms with Crippen LogP contribution < -0.4 is 4.90 Å². The summed E-state index contributed by atoms with van der Waals surface area (Å²) >= 11 is 6.05. The van der Waals surface area contributed by atoms with E-state index in [0.717, 1.165) is 42.6 Å². The molecule has 1 fully saturated rings. The highest BCUT2D eigenvalue weighted by Crippen LogP contribution is 2.28.